The predicted molar refractivity (Wildman–Crippen MR) is 90.5 cm³/mol. The zero-order chi connectivity index (χ0) is 16.4. The molecule has 3 rings (SSSR count). The van der Waals surface area contributed by atoms with E-state index in [2.05, 4.69) is 4.98 Å². The molecule has 0 saturated carbocycles. The van der Waals surface area contributed by atoms with Crippen molar-refractivity contribution in [2.24, 2.45) is 0 Å². The van der Waals surface area contributed by atoms with Crippen molar-refractivity contribution in [1.29, 1.82) is 0 Å². The molecule has 23 heavy (non-hydrogen) atoms. The molecule has 118 valence electrons. The molecule has 0 bridgehead atoms. The topological polar surface area (TPSA) is 44.1 Å². The Morgan fingerprint density at radius 1 is 1.04 bits per heavy atom. The highest BCUT2D eigenvalue weighted by atomic mass is 16.5. The van der Waals surface area contributed by atoms with Gasteiger partial charge in [0.25, 0.3) is 0 Å². The minimum absolute atomic E-state index is 0.246. The van der Waals surface area contributed by atoms with E-state index >= 15 is 0 Å². The Labute approximate surface area is 135 Å². The highest BCUT2D eigenvalue weighted by Crippen LogP contribution is 2.26. The Kier molecular flexibility index (Phi) is 3.90. The molecule has 0 aliphatic carbocycles. The van der Waals surface area contributed by atoms with Crippen LogP contribution >= 0.6 is 0 Å². The molecule has 1 aromatic heterocycles. The Bertz CT molecular complexity index is 829. The van der Waals surface area contributed by atoms with Crippen molar-refractivity contribution < 1.29 is 9.53 Å². The van der Waals surface area contributed by atoms with E-state index in [-0.39, 0.29) is 12.0 Å². The number of fused-ring (bicyclic) bond motifs is 1. The molecule has 0 N–H and O–H groups in total. The molecule has 0 saturated heterocycles. The maximum absolute atomic E-state index is 12.7. The molecule has 4 nitrogen and oxygen atoms in total. The van der Waals surface area contributed by atoms with Gasteiger partial charge in [-0.25, -0.2) is 14.3 Å². The average molecular weight is 308 g/mol. The second kappa shape index (κ2) is 5.88. The maximum Gasteiger partial charge on any atom is 0.420 e. The minimum Gasteiger partial charge on any atom is -0.444 e. The molecule has 4 heteroatoms. The summed E-state index contributed by atoms with van der Waals surface area (Å²) in [6.45, 7) is 6.36. The molecule has 0 unspecified atom stereocenters. The number of carbonyl (C=O) groups is 1. The first kappa shape index (κ1) is 15.3. The lowest BCUT2D eigenvalue weighted by Gasteiger charge is -2.19. The van der Waals surface area contributed by atoms with Crippen LogP contribution in [-0.2, 0) is 16.8 Å². The van der Waals surface area contributed by atoms with Gasteiger partial charge in [0, 0.05) is 5.41 Å². The second-order valence-corrected chi connectivity index (χ2v) is 6.55. The number of hydrogen-bond donors (Lipinski definition) is 0. The Morgan fingerprint density at radius 3 is 2.39 bits per heavy atom. The largest absolute Gasteiger partial charge is 0.444 e. The number of rotatable bonds is 2. The molecule has 0 aliphatic rings. The van der Waals surface area contributed by atoms with E-state index in [0.717, 1.165) is 16.6 Å². The van der Waals surface area contributed by atoms with E-state index in [1.165, 1.54) is 0 Å². The molecule has 0 radical (unpaired) electrons. The minimum atomic E-state index is -0.396. The number of carbonyl (C=O) groups excluding carboxylic acids is 1. The maximum atomic E-state index is 12.7. The lowest BCUT2D eigenvalue weighted by atomic mass is 9.96. The van der Waals surface area contributed by atoms with Gasteiger partial charge in [0.2, 0.25) is 0 Å². The third-order valence-corrected chi connectivity index (χ3v) is 3.62. The normalized spacial score (nSPS) is 11.6. The summed E-state index contributed by atoms with van der Waals surface area (Å²) < 4.78 is 7.08. The number of hydrogen-bond acceptors (Lipinski definition) is 3. The summed E-state index contributed by atoms with van der Waals surface area (Å²) in [5.41, 5.74) is 2.28. The number of ether oxygens (including phenoxy) is 1. The quantitative estimate of drug-likeness (QED) is 0.699. The van der Waals surface area contributed by atoms with E-state index in [9.17, 15) is 4.79 Å². The van der Waals surface area contributed by atoms with Crippen molar-refractivity contribution in [3.8, 4) is 0 Å². The molecule has 0 atom stereocenters. The van der Waals surface area contributed by atoms with Crippen LogP contribution in [0.4, 0.5) is 4.79 Å². The van der Waals surface area contributed by atoms with Crippen LogP contribution in [0.25, 0.3) is 11.0 Å². The first-order chi connectivity index (χ1) is 11.0. The Hall–Kier alpha value is -2.62. The molecule has 0 amide bonds. The first-order valence-electron chi connectivity index (χ1n) is 7.66. The lowest BCUT2D eigenvalue weighted by molar-refractivity contribution is 0.140. The fraction of sp³-hybridized carbons (Fsp3) is 0.263. The highest BCUT2D eigenvalue weighted by Gasteiger charge is 2.26. The Balaban J connectivity index is 1.96. The van der Waals surface area contributed by atoms with E-state index in [4.69, 9.17) is 4.74 Å². The standard InChI is InChI=1S/C19H20N2O2/c1-19(2,3)17-20-15-11-7-8-12-16(15)21(17)18(22)23-13-14-9-5-4-6-10-14/h4-12H,13H2,1-3H3. The van der Waals surface area contributed by atoms with Gasteiger partial charge in [-0.05, 0) is 17.7 Å². The number of imidazole rings is 1. The van der Waals surface area contributed by atoms with Crippen LogP contribution in [0.5, 0.6) is 0 Å². The molecule has 3 aromatic rings. The fourth-order valence-corrected chi connectivity index (χ4v) is 2.50. The third-order valence-electron chi connectivity index (χ3n) is 3.62. The van der Waals surface area contributed by atoms with Gasteiger partial charge in [-0.15, -0.1) is 0 Å². The predicted octanol–water partition coefficient (Wildman–Crippen LogP) is 4.52. The summed E-state index contributed by atoms with van der Waals surface area (Å²) in [6, 6.07) is 17.3. The van der Waals surface area contributed by atoms with Gasteiger partial charge in [-0.2, -0.15) is 0 Å². The lowest BCUT2D eigenvalue weighted by Crippen LogP contribution is -2.24. The number of aromatic nitrogens is 2. The summed E-state index contributed by atoms with van der Waals surface area (Å²) in [5, 5.41) is 0. The van der Waals surface area contributed by atoms with Crippen molar-refractivity contribution in [1.82, 2.24) is 9.55 Å². The third kappa shape index (κ3) is 3.11. The van der Waals surface area contributed by atoms with E-state index in [1.54, 1.807) is 4.57 Å². The summed E-state index contributed by atoms with van der Waals surface area (Å²) in [4.78, 5) is 17.3. The van der Waals surface area contributed by atoms with Gasteiger partial charge in [0.1, 0.15) is 12.4 Å². The number of benzene rings is 2. The zero-order valence-corrected chi connectivity index (χ0v) is 13.6. The van der Waals surface area contributed by atoms with Gasteiger partial charge in [0.15, 0.2) is 0 Å². The van der Waals surface area contributed by atoms with Crippen LogP contribution in [-0.4, -0.2) is 15.6 Å². The summed E-state index contributed by atoms with van der Waals surface area (Å²) >= 11 is 0. The van der Waals surface area contributed by atoms with Crippen molar-refractivity contribution >= 4 is 17.1 Å². The first-order valence-corrected chi connectivity index (χ1v) is 7.66. The smallest absolute Gasteiger partial charge is 0.420 e. The van der Waals surface area contributed by atoms with Gasteiger partial charge in [-0.1, -0.05) is 63.2 Å². The number of nitrogens with zero attached hydrogens (tertiary/aromatic N) is 2. The van der Waals surface area contributed by atoms with Crippen LogP contribution in [0.1, 0.15) is 32.2 Å². The van der Waals surface area contributed by atoms with E-state index < -0.39 is 6.09 Å². The SMILES string of the molecule is CC(C)(C)c1nc2ccccc2n1C(=O)OCc1ccccc1. The van der Waals surface area contributed by atoms with Crippen LogP contribution in [0, 0.1) is 0 Å². The van der Waals surface area contributed by atoms with Crippen molar-refractivity contribution in [3.05, 3.63) is 66.0 Å². The van der Waals surface area contributed by atoms with Gasteiger partial charge in [-0.3, -0.25) is 0 Å². The molecule has 0 fully saturated rings. The number of para-hydroxylation sites is 2. The van der Waals surface area contributed by atoms with Crippen LogP contribution < -0.4 is 0 Å². The summed E-state index contributed by atoms with van der Waals surface area (Å²) in [6.07, 6.45) is -0.396. The average Bonchev–Trinajstić information content (AvgIpc) is 2.93. The summed E-state index contributed by atoms with van der Waals surface area (Å²) in [7, 11) is 0. The fourth-order valence-electron chi connectivity index (χ4n) is 2.50. The molecule has 0 aliphatic heterocycles. The van der Waals surface area contributed by atoms with Crippen LogP contribution in [0.3, 0.4) is 0 Å². The monoisotopic (exact) mass is 308 g/mol. The zero-order valence-electron chi connectivity index (χ0n) is 13.6. The van der Waals surface area contributed by atoms with Crippen LogP contribution in [0.15, 0.2) is 54.6 Å². The Morgan fingerprint density at radius 2 is 1.70 bits per heavy atom. The molecular weight excluding hydrogens is 288 g/mol. The van der Waals surface area contributed by atoms with E-state index in [0.29, 0.717) is 5.82 Å². The molecular formula is C19H20N2O2. The van der Waals surface area contributed by atoms with E-state index in [1.807, 2.05) is 75.4 Å². The van der Waals surface area contributed by atoms with Crippen molar-refractivity contribution in [2.45, 2.75) is 32.8 Å². The molecule has 1 heterocycles. The highest BCUT2D eigenvalue weighted by molar-refractivity contribution is 5.87. The molecule has 2 aromatic carbocycles. The van der Waals surface area contributed by atoms with Gasteiger partial charge >= 0.3 is 6.09 Å². The molecule has 0 spiro atoms. The second-order valence-electron chi connectivity index (χ2n) is 6.55. The van der Waals surface area contributed by atoms with Gasteiger partial charge in [0.05, 0.1) is 11.0 Å². The van der Waals surface area contributed by atoms with Crippen molar-refractivity contribution in [2.75, 3.05) is 0 Å². The van der Waals surface area contributed by atoms with Gasteiger partial charge < -0.3 is 4.74 Å². The van der Waals surface area contributed by atoms with Crippen LogP contribution in [0.2, 0.25) is 0 Å². The van der Waals surface area contributed by atoms with Crippen molar-refractivity contribution in [3.63, 3.8) is 0 Å². The summed E-state index contributed by atoms with van der Waals surface area (Å²) in [5.74, 6) is 0.705.